The van der Waals surface area contributed by atoms with Crippen molar-refractivity contribution in [3.05, 3.63) is 10.3 Å². The first-order chi connectivity index (χ1) is 4.84. The highest BCUT2D eigenvalue weighted by atomic mass is 33.1. The van der Waals surface area contributed by atoms with E-state index >= 15 is 0 Å². The summed E-state index contributed by atoms with van der Waals surface area (Å²) in [6.45, 7) is 4.54. The Bertz CT molecular complexity index is 131. The van der Waals surface area contributed by atoms with Crippen LogP contribution in [0.4, 0.5) is 0 Å². The van der Waals surface area contributed by atoms with Crippen LogP contribution in [0.2, 0.25) is 0 Å². The topological polar surface area (TPSA) is 0 Å². The van der Waals surface area contributed by atoms with Gasteiger partial charge in [-0.25, -0.2) is 0 Å². The summed E-state index contributed by atoms with van der Waals surface area (Å²) in [4.78, 5) is 1.56. The van der Waals surface area contributed by atoms with Crippen LogP contribution in [-0.4, -0.2) is 5.08 Å². The molecular weight excluding hydrogens is 180 g/mol. The van der Waals surface area contributed by atoms with Gasteiger partial charge >= 0.3 is 0 Å². The van der Waals surface area contributed by atoms with Crippen LogP contribution in [0.5, 0.6) is 0 Å². The first kappa shape index (κ1) is 8.88. The van der Waals surface area contributed by atoms with Crippen LogP contribution in [0.15, 0.2) is 10.3 Å². The molecule has 0 aromatic heterocycles. The number of allylic oxidation sites excluding steroid dienone is 1. The Labute approximate surface area is 75.0 Å². The monoisotopic (exact) mass is 192 g/mol. The molecule has 0 saturated carbocycles. The smallest absolute Gasteiger partial charge is 0.0541 e. The summed E-state index contributed by atoms with van der Waals surface area (Å²) in [5.74, 6) is 0.769. The molecule has 0 spiro atoms. The number of rotatable bonds is 2. The molecule has 0 radical (unpaired) electrons. The third-order valence-corrected chi connectivity index (χ3v) is 5.70. The maximum Gasteiger partial charge on any atom is 0.0541 e. The van der Waals surface area contributed by atoms with E-state index in [9.17, 15) is 0 Å². The van der Waals surface area contributed by atoms with Crippen molar-refractivity contribution in [2.24, 2.45) is 5.92 Å². The zero-order valence-electron chi connectivity index (χ0n) is 6.29. The normalized spacial score (nSPS) is 22.0. The van der Waals surface area contributed by atoms with Crippen molar-refractivity contribution in [2.45, 2.75) is 20.3 Å². The van der Waals surface area contributed by atoms with E-state index in [4.69, 9.17) is 0 Å². The van der Waals surface area contributed by atoms with Crippen LogP contribution in [-0.2, 0) is 0 Å². The van der Waals surface area contributed by atoms with E-state index in [0.717, 1.165) is 5.92 Å². The van der Waals surface area contributed by atoms with Gasteiger partial charge < -0.3 is 0 Å². The second-order valence-electron chi connectivity index (χ2n) is 2.32. The average Bonchev–Trinajstić information content (AvgIpc) is 2.05. The SMILES string of the molecule is CCC(C)C1=CSCSS1. The Morgan fingerprint density at radius 1 is 1.70 bits per heavy atom. The first-order valence-electron chi connectivity index (χ1n) is 3.45. The summed E-state index contributed by atoms with van der Waals surface area (Å²) >= 11 is 1.93. The zero-order valence-corrected chi connectivity index (χ0v) is 8.74. The second kappa shape index (κ2) is 4.62. The van der Waals surface area contributed by atoms with Gasteiger partial charge in [-0.2, -0.15) is 0 Å². The van der Waals surface area contributed by atoms with Crippen molar-refractivity contribution in [3.63, 3.8) is 0 Å². The summed E-state index contributed by atoms with van der Waals surface area (Å²) < 4.78 is 0. The van der Waals surface area contributed by atoms with Crippen LogP contribution in [0.3, 0.4) is 0 Å². The highest BCUT2D eigenvalue weighted by molar-refractivity contribution is 8.80. The molecule has 1 atom stereocenters. The number of hydrogen-bond acceptors (Lipinski definition) is 3. The first-order valence-corrected chi connectivity index (χ1v) is 6.82. The molecule has 0 bridgehead atoms. The van der Waals surface area contributed by atoms with E-state index in [0.29, 0.717) is 0 Å². The van der Waals surface area contributed by atoms with Crippen molar-refractivity contribution in [1.29, 1.82) is 0 Å². The number of thioether (sulfide) groups is 1. The molecule has 58 valence electrons. The number of hydrogen-bond donors (Lipinski definition) is 0. The van der Waals surface area contributed by atoms with Crippen LogP contribution in [0.25, 0.3) is 0 Å². The average molecular weight is 192 g/mol. The highest BCUT2D eigenvalue weighted by Gasteiger charge is 2.10. The Hall–Kier alpha value is 0.790. The predicted molar refractivity (Wildman–Crippen MR) is 55.2 cm³/mol. The molecule has 0 fully saturated rings. The summed E-state index contributed by atoms with van der Waals surface area (Å²) in [7, 11) is 3.91. The molecule has 10 heavy (non-hydrogen) atoms. The lowest BCUT2D eigenvalue weighted by atomic mass is 10.1. The second-order valence-corrected chi connectivity index (χ2v) is 5.91. The van der Waals surface area contributed by atoms with Gasteiger partial charge in [-0.15, -0.1) is 11.8 Å². The fourth-order valence-electron chi connectivity index (χ4n) is 0.655. The molecule has 1 unspecified atom stereocenters. The molecule has 3 heteroatoms. The molecule has 0 aromatic rings. The Kier molecular flexibility index (Phi) is 4.11. The van der Waals surface area contributed by atoms with Gasteiger partial charge in [0.1, 0.15) is 0 Å². The van der Waals surface area contributed by atoms with E-state index < -0.39 is 0 Å². The fourth-order valence-corrected chi connectivity index (χ4v) is 4.75. The predicted octanol–water partition coefficient (Wildman–Crippen LogP) is 3.96. The molecule has 0 amide bonds. The molecule has 1 aliphatic heterocycles. The quantitative estimate of drug-likeness (QED) is 0.608. The third kappa shape index (κ3) is 2.44. The summed E-state index contributed by atoms with van der Waals surface area (Å²) in [6, 6.07) is 0. The van der Waals surface area contributed by atoms with Crippen LogP contribution in [0, 0.1) is 5.92 Å². The van der Waals surface area contributed by atoms with Crippen molar-refractivity contribution in [1.82, 2.24) is 0 Å². The van der Waals surface area contributed by atoms with Crippen molar-refractivity contribution in [2.75, 3.05) is 5.08 Å². The molecule has 0 aromatic carbocycles. The maximum absolute atomic E-state index is 2.31. The minimum atomic E-state index is 0.769. The molecular formula is C7H12S3. The largest absolute Gasteiger partial charge is 0.121 e. The molecule has 1 rings (SSSR count). The minimum absolute atomic E-state index is 0.769. The van der Waals surface area contributed by atoms with E-state index in [1.54, 1.807) is 4.91 Å². The van der Waals surface area contributed by atoms with E-state index in [1.165, 1.54) is 11.5 Å². The van der Waals surface area contributed by atoms with Crippen molar-refractivity contribution < 1.29 is 0 Å². The van der Waals surface area contributed by atoms with E-state index in [1.807, 2.05) is 33.3 Å². The van der Waals surface area contributed by atoms with Crippen LogP contribution < -0.4 is 0 Å². The van der Waals surface area contributed by atoms with Gasteiger partial charge in [-0.3, -0.25) is 0 Å². The molecule has 1 aliphatic rings. The Morgan fingerprint density at radius 2 is 2.50 bits per heavy atom. The van der Waals surface area contributed by atoms with E-state index in [-0.39, 0.29) is 0 Å². The molecule has 0 N–H and O–H groups in total. The fraction of sp³-hybridized carbons (Fsp3) is 0.714. The van der Waals surface area contributed by atoms with Gasteiger partial charge in [0.05, 0.1) is 5.08 Å². The molecule has 0 nitrogen and oxygen atoms in total. The zero-order chi connectivity index (χ0) is 7.40. The maximum atomic E-state index is 2.31. The van der Waals surface area contributed by atoms with Gasteiger partial charge in [0.2, 0.25) is 0 Å². The molecule has 1 heterocycles. The summed E-state index contributed by atoms with van der Waals surface area (Å²) in [6.07, 6.45) is 1.26. The molecule has 0 aliphatic carbocycles. The molecule has 0 saturated heterocycles. The lowest BCUT2D eigenvalue weighted by Crippen LogP contribution is -1.94. The van der Waals surface area contributed by atoms with Crippen molar-refractivity contribution in [3.8, 4) is 0 Å². The minimum Gasteiger partial charge on any atom is -0.121 e. The van der Waals surface area contributed by atoms with Gasteiger partial charge in [-0.05, 0) is 17.7 Å². The van der Waals surface area contributed by atoms with Crippen LogP contribution >= 0.6 is 33.3 Å². The summed E-state index contributed by atoms with van der Waals surface area (Å²) in [5.41, 5.74) is 0. The standard InChI is InChI=1S/C7H12S3/c1-3-6(2)7-4-8-5-9-10-7/h4,6H,3,5H2,1-2H3. The Morgan fingerprint density at radius 3 is 3.00 bits per heavy atom. The van der Waals surface area contributed by atoms with Gasteiger partial charge in [0.25, 0.3) is 0 Å². The highest BCUT2D eigenvalue weighted by Crippen LogP contribution is 2.43. The third-order valence-electron chi connectivity index (χ3n) is 1.57. The van der Waals surface area contributed by atoms with Crippen LogP contribution in [0.1, 0.15) is 20.3 Å². The lowest BCUT2D eigenvalue weighted by molar-refractivity contribution is 0.689. The van der Waals surface area contributed by atoms with Gasteiger partial charge in [-0.1, -0.05) is 35.4 Å². The lowest BCUT2D eigenvalue weighted by Gasteiger charge is -2.15. The summed E-state index contributed by atoms with van der Waals surface area (Å²) in [5, 5.41) is 3.53. The van der Waals surface area contributed by atoms with Gasteiger partial charge in [0, 0.05) is 4.91 Å². The van der Waals surface area contributed by atoms with E-state index in [2.05, 4.69) is 19.3 Å². The van der Waals surface area contributed by atoms with Gasteiger partial charge in [0.15, 0.2) is 0 Å². The van der Waals surface area contributed by atoms with Crippen molar-refractivity contribution >= 4 is 33.3 Å². The Balaban J connectivity index is 2.44.